The predicted octanol–water partition coefficient (Wildman–Crippen LogP) is 5.96. The smallest absolute Gasteiger partial charge is 0.184 e. The zero-order chi connectivity index (χ0) is 20.1. The number of halogens is 1. The number of hydrogen-bond donors (Lipinski definition) is 0. The Morgan fingerprint density at radius 3 is 2.00 bits per heavy atom. The van der Waals surface area contributed by atoms with Gasteiger partial charge in [0.2, 0.25) is 0 Å². The van der Waals surface area contributed by atoms with Crippen molar-refractivity contribution in [1.82, 2.24) is 0 Å². The van der Waals surface area contributed by atoms with Gasteiger partial charge >= 0.3 is 0 Å². The lowest BCUT2D eigenvalue weighted by Gasteiger charge is -2.31. The van der Waals surface area contributed by atoms with Gasteiger partial charge < -0.3 is 9.16 Å². The quantitative estimate of drug-likeness (QED) is 0.492. The van der Waals surface area contributed by atoms with Gasteiger partial charge in [0.15, 0.2) is 8.32 Å². The van der Waals surface area contributed by atoms with Crippen LogP contribution in [-0.4, -0.2) is 29.6 Å². The van der Waals surface area contributed by atoms with Crippen LogP contribution in [0.15, 0.2) is 66.4 Å². The molecule has 0 aliphatic heterocycles. The monoisotopic (exact) mass is 418 g/mol. The minimum Gasteiger partial charge on any atom is -0.408 e. The molecule has 0 aliphatic carbocycles. The number of rotatable bonds is 8. The van der Waals surface area contributed by atoms with Crippen LogP contribution < -0.4 is 5.19 Å². The fourth-order valence-corrected chi connectivity index (χ4v) is 6.08. The Kier molecular flexibility index (Phi) is 7.66. The van der Waals surface area contributed by atoms with Crippen molar-refractivity contribution in [2.45, 2.75) is 44.9 Å². The molecule has 0 aromatic heterocycles. The van der Waals surface area contributed by atoms with Crippen molar-refractivity contribution in [1.29, 1.82) is 0 Å². The van der Waals surface area contributed by atoms with Crippen LogP contribution in [0.25, 0.3) is 0 Å². The van der Waals surface area contributed by atoms with E-state index in [0.29, 0.717) is 0 Å². The molecular weight excluding hydrogens is 388 g/mol. The molecule has 146 valence electrons. The highest BCUT2D eigenvalue weighted by Crippen LogP contribution is 2.28. The van der Waals surface area contributed by atoms with E-state index in [-0.39, 0.29) is 12.2 Å². The van der Waals surface area contributed by atoms with E-state index in [9.17, 15) is 0 Å². The lowest BCUT2D eigenvalue weighted by molar-refractivity contribution is 0.0195. The molecule has 0 radical (unpaired) electrons. The van der Waals surface area contributed by atoms with Gasteiger partial charge in [0.05, 0.1) is 6.10 Å². The lowest BCUT2D eigenvalue weighted by atomic mass is 10.0. The van der Waals surface area contributed by atoms with E-state index >= 15 is 0 Å². The van der Waals surface area contributed by atoms with Gasteiger partial charge in [0.1, 0.15) is 14.2 Å². The summed E-state index contributed by atoms with van der Waals surface area (Å²) >= 11 is 6.06. The number of hydrogen-bond acceptors (Lipinski definition) is 2. The van der Waals surface area contributed by atoms with Gasteiger partial charge in [-0.15, -0.1) is 0 Å². The Labute approximate surface area is 171 Å². The molecule has 2 nitrogen and oxygen atoms in total. The second-order valence-corrected chi connectivity index (χ2v) is 17.6. The fraction of sp³-hybridized carbons (Fsp3) is 0.364. The first-order valence-electron chi connectivity index (χ1n) is 9.33. The molecule has 0 N–H and O–H groups in total. The zero-order valence-electron chi connectivity index (χ0n) is 17.2. The van der Waals surface area contributed by atoms with Gasteiger partial charge in [-0.1, -0.05) is 84.1 Å². The molecule has 0 unspecified atom stereocenters. The average molecular weight is 419 g/mol. The highest BCUT2D eigenvalue weighted by molar-refractivity contribution is 6.93. The summed E-state index contributed by atoms with van der Waals surface area (Å²) in [6.07, 6.45) is 1.93. The summed E-state index contributed by atoms with van der Waals surface area (Å²) in [6, 6.07) is 18.6. The first kappa shape index (κ1) is 22.1. The van der Waals surface area contributed by atoms with Crippen LogP contribution in [0.1, 0.15) is 11.7 Å². The number of ether oxygens (including phenoxy) is 1. The fourth-order valence-electron chi connectivity index (χ4n) is 3.02. The SMILES string of the molecule is CO[C@@H](c1ccc(Cl)cc1)[C@H](/C=C/[Si](C)(C)c1ccccc1)O[Si](C)(C)C. The van der Waals surface area contributed by atoms with Gasteiger partial charge in [-0.25, -0.2) is 0 Å². The molecule has 0 aliphatic rings. The number of benzene rings is 2. The molecule has 5 heteroatoms. The van der Waals surface area contributed by atoms with Crippen LogP contribution >= 0.6 is 11.6 Å². The largest absolute Gasteiger partial charge is 0.408 e. The van der Waals surface area contributed by atoms with Crippen LogP contribution in [0.4, 0.5) is 0 Å². The molecule has 0 saturated carbocycles. The normalized spacial score (nSPS) is 15.1. The zero-order valence-corrected chi connectivity index (χ0v) is 20.0. The van der Waals surface area contributed by atoms with Gasteiger partial charge in [-0.2, -0.15) is 0 Å². The maximum absolute atomic E-state index is 6.52. The van der Waals surface area contributed by atoms with E-state index < -0.39 is 16.4 Å². The Morgan fingerprint density at radius 2 is 1.48 bits per heavy atom. The van der Waals surface area contributed by atoms with E-state index in [2.05, 4.69) is 74.8 Å². The van der Waals surface area contributed by atoms with E-state index in [1.807, 2.05) is 24.3 Å². The molecule has 0 bridgehead atoms. The second kappa shape index (κ2) is 9.35. The summed E-state index contributed by atoms with van der Waals surface area (Å²) < 4.78 is 12.4. The van der Waals surface area contributed by atoms with E-state index in [4.69, 9.17) is 20.8 Å². The van der Waals surface area contributed by atoms with Gasteiger partial charge in [-0.3, -0.25) is 0 Å². The summed E-state index contributed by atoms with van der Waals surface area (Å²) in [7, 11) is -1.72. The van der Waals surface area contributed by atoms with Crippen molar-refractivity contribution in [3.63, 3.8) is 0 Å². The summed E-state index contributed by atoms with van der Waals surface area (Å²) in [5, 5.41) is 2.14. The first-order valence-corrected chi connectivity index (χ1v) is 16.2. The third-order valence-corrected chi connectivity index (χ3v) is 8.54. The summed E-state index contributed by atoms with van der Waals surface area (Å²) in [4.78, 5) is 0. The maximum atomic E-state index is 6.52. The minimum absolute atomic E-state index is 0.127. The van der Waals surface area contributed by atoms with Gasteiger partial charge in [0.25, 0.3) is 0 Å². The van der Waals surface area contributed by atoms with Crippen molar-refractivity contribution >= 4 is 33.2 Å². The first-order chi connectivity index (χ1) is 12.6. The Balaban J connectivity index is 2.34. The van der Waals surface area contributed by atoms with Crippen molar-refractivity contribution in [2.24, 2.45) is 0 Å². The van der Waals surface area contributed by atoms with Gasteiger partial charge in [0, 0.05) is 12.1 Å². The van der Waals surface area contributed by atoms with E-state index in [0.717, 1.165) is 10.6 Å². The third kappa shape index (κ3) is 6.73. The van der Waals surface area contributed by atoms with Crippen molar-refractivity contribution in [3.05, 3.63) is 77.0 Å². The third-order valence-electron chi connectivity index (χ3n) is 4.46. The molecule has 27 heavy (non-hydrogen) atoms. The van der Waals surface area contributed by atoms with Crippen LogP contribution in [0, 0.1) is 0 Å². The molecule has 2 atom stereocenters. The lowest BCUT2D eigenvalue weighted by Crippen LogP contribution is -2.40. The standard InChI is InChI=1S/C22H31ClO2Si2/c1-24-22(18-12-14-19(23)15-13-18)21(25-26(2,3)4)16-17-27(5,6)20-10-8-7-9-11-20/h7-17,21-22H,1-6H3/b17-16+/t21-,22-/m0/s1. The summed E-state index contributed by atoms with van der Waals surface area (Å²) in [5.74, 6) is 0. The highest BCUT2D eigenvalue weighted by atomic mass is 35.5. The molecular formula is C22H31ClO2Si2. The Bertz CT molecular complexity index is 737. The van der Waals surface area contributed by atoms with Crippen LogP contribution in [-0.2, 0) is 9.16 Å². The second-order valence-electron chi connectivity index (χ2n) is 8.35. The molecule has 0 amide bonds. The average Bonchev–Trinajstić information content (AvgIpc) is 2.61. The predicted molar refractivity (Wildman–Crippen MR) is 122 cm³/mol. The Hall–Kier alpha value is -1.18. The van der Waals surface area contributed by atoms with Crippen LogP contribution in [0.3, 0.4) is 0 Å². The molecule has 0 spiro atoms. The molecule has 0 heterocycles. The van der Waals surface area contributed by atoms with E-state index in [1.165, 1.54) is 5.19 Å². The summed E-state index contributed by atoms with van der Waals surface area (Å²) in [5.41, 5.74) is 3.45. The molecule has 2 aromatic rings. The van der Waals surface area contributed by atoms with E-state index in [1.54, 1.807) is 7.11 Å². The van der Waals surface area contributed by atoms with Crippen molar-refractivity contribution < 1.29 is 9.16 Å². The van der Waals surface area contributed by atoms with Crippen molar-refractivity contribution in [2.75, 3.05) is 7.11 Å². The minimum atomic E-state index is -1.76. The molecule has 0 saturated heterocycles. The Morgan fingerprint density at radius 1 is 0.889 bits per heavy atom. The summed E-state index contributed by atoms with van der Waals surface area (Å²) in [6.45, 7) is 11.3. The maximum Gasteiger partial charge on any atom is 0.184 e. The van der Waals surface area contributed by atoms with Crippen molar-refractivity contribution in [3.8, 4) is 0 Å². The van der Waals surface area contributed by atoms with Gasteiger partial charge in [-0.05, 0) is 37.3 Å². The highest BCUT2D eigenvalue weighted by Gasteiger charge is 2.29. The van der Waals surface area contributed by atoms with Crippen LogP contribution in [0.5, 0.6) is 0 Å². The molecule has 2 rings (SSSR count). The molecule has 2 aromatic carbocycles. The molecule has 0 fully saturated rings. The topological polar surface area (TPSA) is 18.5 Å². The number of methoxy groups -OCH3 is 1. The van der Waals surface area contributed by atoms with Crippen LogP contribution in [0.2, 0.25) is 37.8 Å².